The van der Waals surface area contributed by atoms with Crippen molar-refractivity contribution in [3.05, 3.63) is 61.5 Å². The second-order valence-electron chi connectivity index (χ2n) is 6.06. The quantitative estimate of drug-likeness (QED) is 0.393. The molecule has 0 fully saturated rings. The number of hydrogen-bond donors (Lipinski definition) is 0. The lowest BCUT2D eigenvalue weighted by Gasteiger charge is -2.08. The molecule has 4 nitrogen and oxygen atoms in total. The van der Waals surface area contributed by atoms with Gasteiger partial charge in [-0.25, -0.2) is 0 Å². The van der Waals surface area contributed by atoms with E-state index in [0.717, 1.165) is 18.6 Å². The molecule has 0 N–H and O–H groups in total. The van der Waals surface area contributed by atoms with Crippen molar-refractivity contribution < 1.29 is 9.53 Å². The molecule has 1 amide bonds. The number of aryl methyl sites for hydroxylation is 2. The van der Waals surface area contributed by atoms with Gasteiger partial charge in [0.05, 0.1) is 22.4 Å². The maximum absolute atomic E-state index is 12.7. The summed E-state index contributed by atoms with van der Waals surface area (Å²) in [5.41, 5.74) is 4.17. The Balaban J connectivity index is 2.14. The second kappa shape index (κ2) is 8.45. The van der Waals surface area contributed by atoms with Crippen LogP contribution in [0.3, 0.4) is 0 Å². The molecule has 0 aliphatic heterocycles. The smallest absolute Gasteiger partial charge is 0.280 e. The summed E-state index contributed by atoms with van der Waals surface area (Å²) >= 11 is 3.73. The van der Waals surface area contributed by atoms with Crippen LogP contribution >= 0.6 is 33.9 Å². The normalized spacial score (nSPS) is 12.1. The van der Waals surface area contributed by atoms with Crippen molar-refractivity contribution in [2.75, 3.05) is 13.2 Å². The van der Waals surface area contributed by atoms with E-state index < -0.39 is 0 Å². The first-order valence-electron chi connectivity index (χ1n) is 8.53. The molecule has 0 aliphatic carbocycles. The molecule has 0 saturated carbocycles. The third kappa shape index (κ3) is 4.07. The third-order valence-electron chi connectivity index (χ3n) is 4.08. The van der Waals surface area contributed by atoms with Gasteiger partial charge in [-0.3, -0.25) is 4.79 Å². The molecule has 6 heteroatoms. The standard InChI is InChI=1S/C20H21IN2O2S/c1-4-25-10-9-23-18-14(3)11-13(2)12-17(18)26-20(23)22-19(24)15-7-5-6-8-16(15)21/h5-8,11-12H,4,9-10H2,1-3H3. The van der Waals surface area contributed by atoms with Gasteiger partial charge in [0.1, 0.15) is 0 Å². The van der Waals surface area contributed by atoms with Crippen LogP contribution in [0.5, 0.6) is 0 Å². The van der Waals surface area contributed by atoms with Crippen molar-refractivity contribution in [1.82, 2.24) is 4.57 Å². The van der Waals surface area contributed by atoms with E-state index in [9.17, 15) is 4.79 Å². The average Bonchev–Trinajstić information content (AvgIpc) is 2.92. The Morgan fingerprint density at radius 2 is 2.04 bits per heavy atom. The maximum Gasteiger partial charge on any atom is 0.280 e. The number of fused-ring (bicyclic) bond motifs is 1. The average molecular weight is 480 g/mol. The molecule has 1 aromatic heterocycles. The van der Waals surface area contributed by atoms with E-state index in [1.54, 1.807) is 11.3 Å². The van der Waals surface area contributed by atoms with Gasteiger partial charge in [0, 0.05) is 16.7 Å². The molecule has 0 radical (unpaired) electrons. The maximum atomic E-state index is 12.7. The lowest BCUT2D eigenvalue weighted by Crippen LogP contribution is -2.20. The Morgan fingerprint density at radius 3 is 2.77 bits per heavy atom. The molecular formula is C20H21IN2O2S. The van der Waals surface area contributed by atoms with Crippen LogP contribution in [0.2, 0.25) is 0 Å². The summed E-state index contributed by atoms with van der Waals surface area (Å²) in [6.45, 7) is 8.12. The number of nitrogens with zero attached hydrogens (tertiary/aromatic N) is 2. The highest BCUT2D eigenvalue weighted by molar-refractivity contribution is 14.1. The molecule has 3 rings (SSSR count). The number of halogens is 1. The van der Waals surface area contributed by atoms with Gasteiger partial charge in [0.15, 0.2) is 4.80 Å². The van der Waals surface area contributed by atoms with Crippen molar-refractivity contribution in [2.45, 2.75) is 27.3 Å². The summed E-state index contributed by atoms with van der Waals surface area (Å²) in [5, 5.41) is 0. The highest BCUT2D eigenvalue weighted by atomic mass is 127. The van der Waals surface area contributed by atoms with Crippen LogP contribution in [0.4, 0.5) is 0 Å². The van der Waals surface area contributed by atoms with Crippen LogP contribution in [0.15, 0.2) is 41.4 Å². The van der Waals surface area contributed by atoms with Gasteiger partial charge in [-0.05, 0) is 72.7 Å². The number of rotatable bonds is 5. The number of ether oxygens (including phenoxy) is 1. The monoisotopic (exact) mass is 480 g/mol. The van der Waals surface area contributed by atoms with E-state index in [-0.39, 0.29) is 5.91 Å². The highest BCUT2D eigenvalue weighted by Gasteiger charge is 2.13. The Kier molecular flexibility index (Phi) is 6.26. The Labute approximate surface area is 170 Å². The Bertz CT molecular complexity index is 1020. The number of thiazole rings is 1. The van der Waals surface area contributed by atoms with Crippen LogP contribution in [0.1, 0.15) is 28.4 Å². The van der Waals surface area contributed by atoms with E-state index in [0.29, 0.717) is 25.3 Å². The molecular weight excluding hydrogens is 459 g/mol. The number of amides is 1. The van der Waals surface area contributed by atoms with Crippen LogP contribution in [0.25, 0.3) is 10.2 Å². The van der Waals surface area contributed by atoms with Crippen molar-refractivity contribution >= 4 is 50.1 Å². The molecule has 0 aliphatic rings. The fraction of sp³-hybridized carbons (Fsp3) is 0.300. The highest BCUT2D eigenvalue weighted by Crippen LogP contribution is 2.23. The van der Waals surface area contributed by atoms with Crippen LogP contribution in [-0.4, -0.2) is 23.7 Å². The number of aromatic nitrogens is 1. The molecule has 0 saturated heterocycles. The van der Waals surface area contributed by atoms with Crippen LogP contribution < -0.4 is 4.80 Å². The van der Waals surface area contributed by atoms with E-state index in [4.69, 9.17) is 4.74 Å². The Morgan fingerprint density at radius 1 is 1.27 bits per heavy atom. The van der Waals surface area contributed by atoms with Gasteiger partial charge in [0.2, 0.25) is 0 Å². The first-order valence-corrected chi connectivity index (χ1v) is 10.4. The summed E-state index contributed by atoms with van der Waals surface area (Å²) < 4.78 is 9.70. The molecule has 0 spiro atoms. The fourth-order valence-corrected chi connectivity index (χ4v) is 4.82. The molecule has 26 heavy (non-hydrogen) atoms. The predicted molar refractivity (Wildman–Crippen MR) is 115 cm³/mol. The van der Waals surface area contributed by atoms with Crippen LogP contribution in [0, 0.1) is 17.4 Å². The van der Waals surface area contributed by atoms with E-state index >= 15 is 0 Å². The first-order chi connectivity index (χ1) is 12.5. The summed E-state index contributed by atoms with van der Waals surface area (Å²) in [4.78, 5) is 17.9. The third-order valence-corrected chi connectivity index (χ3v) is 6.04. The molecule has 0 atom stereocenters. The van der Waals surface area contributed by atoms with Gasteiger partial charge in [-0.1, -0.05) is 29.5 Å². The summed E-state index contributed by atoms with van der Waals surface area (Å²) in [6.07, 6.45) is 0. The number of hydrogen-bond acceptors (Lipinski definition) is 3. The summed E-state index contributed by atoms with van der Waals surface area (Å²) in [7, 11) is 0. The topological polar surface area (TPSA) is 43.6 Å². The fourth-order valence-electron chi connectivity index (χ4n) is 2.97. The molecule has 0 unspecified atom stereocenters. The predicted octanol–water partition coefficient (Wildman–Crippen LogP) is 4.70. The van der Waals surface area contributed by atoms with Crippen molar-refractivity contribution in [3.63, 3.8) is 0 Å². The Hall–Kier alpha value is -1.51. The lowest BCUT2D eigenvalue weighted by molar-refractivity contribution is 0.0996. The van der Waals surface area contributed by atoms with Gasteiger partial charge >= 0.3 is 0 Å². The minimum Gasteiger partial charge on any atom is -0.380 e. The number of benzene rings is 2. The largest absolute Gasteiger partial charge is 0.380 e. The van der Waals surface area contributed by atoms with Crippen molar-refractivity contribution in [3.8, 4) is 0 Å². The first kappa shape index (κ1) is 19.3. The number of carbonyl (C=O) groups excluding carboxylic acids is 1. The number of carbonyl (C=O) groups is 1. The van der Waals surface area contributed by atoms with Crippen LogP contribution in [-0.2, 0) is 11.3 Å². The van der Waals surface area contributed by atoms with Gasteiger partial charge in [0.25, 0.3) is 5.91 Å². The molecule has 3 aromatic rings. The molecule has 0 bridgehead atoms. The molecule has 136 valence electrons. The van der Waals surface area contributed by atoms with E-state index in [1.165, 1.54) is 11.1 Å². The molecule has 1 heterocycles. The van der Waals surface area contributed by atoms with Gasteiger partial charge in [-0.2, -0.15) is 4.99 Å². The van der Waals surface area contributed by atoms with Gasteiger partial charge < -0.3 is 9.30 Å². The second-order valence-corrected chi connectivity index (χ2v) is 8.23. The van der Waals surface area contributed by atoms with Gasteiger partial charge in [-0.15, -0.1) is 0 Å². The van der Waals surface area contributed by atoms with E-state index in [2.05, 4.69) is 58.1 Å². The minimum absolute atomic E-state index is 0.207. The SMILES string of the molecule is CCOCCn1c(=NC(=O)c2ccccc2I)sc2cc(C)cc(C)c21. The minimum atomic E-state index is -0.207. The zero-order valence-corrected chi connectivity index (χ0v) is 18.1. The summed E-state index contributed by atoms with van der Waals surface area (Å²) in [6, 6.07) is 11.8. The molecule has 2 aromatic carbocycles. The van der Waals surface area contributed by atoms with Crippen molar-refractivity contribution in [2.24, 2.45) is 4.99 Å². The summed E-state index contributed by atoms with van der Waals surface area (Å²) in [5.74, 6) is -0.207. The lowest BCUT2D eigenvalue weighted by atomic mass is 10.1. The zero-order valence-electron chi connectivity index (χ0n) is 15.1. The van der Waals surface area contributed by atoms with Crippen molar-refractivity contribution in [1.29, 1.82) is 0 Å². The zero-order chi connectivity index (χ0) is 18.7. The van der Waals surface area contributed by atoms with E-state index in [1.807, 2.05) is 31.2 Å².